The second-order valence-electron chi connectivity index (χ2n) is 5.40. The van der Waals surface area contributed by atoms with E-state index in [-0.39, 0.29) is 16.2 Å². The van der Waals surface area contributed by atoms with E-state index < -0.39 is 10.7 Å². The average Bonchev–Trinajstić information content (AvgIpc) is 2.74. The van der Waals surface area contributed by atoms with E-state index in [4.69, 9.17) is 0 Å². The molecule has 0 saturated heterocycles. The third-order valence-electron chi connectivity index (χ3n) is 4.33. The summed E-state index contributed by atoms with van der Waals surface area (Å²) in [7, 11) is 0. The van der Waals surface area contributed by atoms with Crippen LogP contribution in [0.3, 0.4) is 0 Å². The predicted octanol–water partition coefficient (Wildman–Crippen LogP) is 4.73. The van der Waals surface area contributed by atoms with Gasteiger partial charge in [-0.25, -0.2) is 4.39 Å². The number of anilines is 1. The van der Waals surface area contributed by atoms with E-state index in [9.17, 15) is 14.5 Å². The summed E-state index contributed by atoms with van der Waals surface area (Å²) in [5.41, 5.74) is 0.176. The Bertz CT molecular complexity index is 524. The van der Waals surface area contributed by atoms with Crippen molar-refractivity contribution in [2.45, 2.75) is 39.2 Å². The van der Waals surface area contributed by atoms with Gasteiger partial charge in [-0.2, -0.15) is 0 Å². The number of nitrogens with one attached hydrogen (secondary N) is 1. The van der Waals surface area contributed by atoms with E-state index in [1.807, 2.05) is 0 Å². The molecule has 0 amide bonds. The Morgan fingerprint density at radius 1 is 1.50 bits per heavy atom. The number of benzene rings is 1. The predicted molar refractivity (Wildman–Crippen MR) is 80.3 cm³/mol. The summed E-state index contributed by atoms with van der Waals surface area (Å²) in [4.78, 5) is 10.5. The molecule has 3 atom stereocenters. The van der Waals surface area contributed by atoms with Crippen molar-refractivity contribution < 1.29 is 9.31 Å². The van der Waals surface area contributed by atoms with E-state index >= 15 is 0 Å². The Balaban J connectivity index is 2.25. The van der Waals surface area contributed by atoms with Crippen molar-refractivity contribution in [3.05, 3.63) is 32.5 Å². The zero-order chi connectivity index (χ0) is 14.9. The van der Waals surface area contributed by atoms with Crippen LogP contribution in [0.5, 0.6) is 0 Å². The minimum absolute atomic E-state index is 0.205. The monoisotopic (exact) mass is 344 g/mol. The fourth-order valence-corrected chi connectivity index (χ4v) is 3.37. The molecule has 2 rings (SSSR count). The summed E-state index contributed by atoms with van der Waals surface area (Å²) in [6.07, 6.45) is 3.24. The van der Waals surface area contributed by atoms with Gasteiger partial charge in [0.25, 0.3) is 5.69 Å². The van der Waals surface area contributed by atoms with Crippen molar-refractivity contribution in [3.8, 4) is 0 Å². The quantitative estimate of drug-likeness (QED) is 0.634. The maximum absolute atomic E-state index is 13.4. The number of hydrogen-bond acceptors (Lipinski definition) is 3. The molecule has 0 aliphatic heterocycles. The fourth-order valence-electron chi connectivity index (χ4n) is 3.03. The van der Waals surface area contributed by atoms with Crippen molar-refractivity contribution in [1.82, 2.24) is 0 Å². The lowest BCUT2D eigenvalue weighted by Gasteiger charge is -2.22. The molecule has 6 heteroatoms. The minimum Gasteiger partial charge on any atom is -0.376 e. The molecule has 0 heterocycles. The third kappa shape index (κ3) is 2.95. The fraction of sp³-hybridized carbons (Fsp3) is 0.571. The maximum Gasteiger partial charge on any atom is 0.295 e. The van der Waals surface area contributed by atoms with Gasteiger partial charge in [0.1, 0.15) is 11.5 Å². The first-order chi connectivity index (χ1) is 9.43. The molecule has 0 aromatic heterocycles. The normalized spacial score (nSPS) is 25.7. The molecule has 0 radical (unpaired) electrons. The highest BCUT2D eigenvalue weighted by atomic mass is 79.9. The number of nitro benzene ring substituents is 1. The van der Waals surface area contributed by atoms with Gasteiger partial charge in [-0.3, -0.25) is 10.1 Å². The van der Waals surface area contributed by atoms with Crippen LogP contribution in [0.25, 0.3) is 0 Å². The van der Waals surface area contributed by atoms with Crippen LogP contribution >= 0.6 is 15.9 Å². The standard InChI is InChI=1S/C14H18BrFN2O2/c1-3-9-4-5-12(8(9)2)17-13-6-10(15)11(16)7-14(13)18(19)20/h6-9,12,17H,3-5H2,1-2H3. The highest BCUT2D eigenvalue weighted by Crippen LogP contribution is 2.38. The Labute approximate surface area is 126 Å². The first-order valence-electron chi connectivity index (χ1n) is 6.84. The molecule has 20 heavy (non-hydrogen) atoms. The van der Waals surface area contributed by atoms with Crippen molar-refractivity contribution >= 4 is 27.3 Å². The Morgan fingerprint density at radius 3 is 2.75 bits per heavy atom. The lowest BCUT2D eigenvalue weighted by Crippen LogP contribution is -2.25. The number of hydrogen-bond donors (Lipinski definition) is 1. The zero-order valence-electron chi connectivity index (χ0n) is 11.5. The molecule has 4 nitrogen and oxygen atoms in total. The van der Waals surface area contributed by atoms with Crippen LogP contribution < -0.4 is 5.32 Å². The average molecular weight is 345 g/mol. The van der Waals surface area contributed by atoms with E-state index in [0.717, 1.165) is 25.3 Å². The molecule has 1 aromatic carbocycles. The molecule has 1 aliphatic carbocycles. The van der Waals surface area contributed by atoms with Gasteiger partial charge >= 0.3 is 0 Å². The second kappa shape index (κ2) is 6.08. The number of nitrogens with zero attached hydrogens (tertiary/aromatic N) is 1. The zero-order valence-corrected chi connectivity index (χ0v) is 13.1. The van der Waals surface area contributed by atoms with Crippen LogP contribution in [0, 0.1) is 27.8 Å². The molecule has 1 fully saturated rings. The highest BCUT2D eigenvalue weighted by Gasteiger charge is 2.32. The van der Waals surface area contributed by atoms with Crippen LogP contribution in [0.15, 0.2) is 16.6 Å². The number of nitro groups is 1. The first-order valence-corrected chi connectivity index (χ1v) is 7.63. The maximum atomic E-state index is 13.4. The minimum atomic E-state index is -0.617. The summed E-state index contributed by atoms with van der Waals surface area (Å²) in [6.45, 7) is 4.34. The second-order valence-corrected chi connectivity index (χ2v) is 6.25. The van der Waals surface area contributed by atoms with Crippen LogP contribution in [0.2, 0.25) is 0 Å². The first kappa shape index (κ1) is 15.2. The van der Waals surface area contributed by atoms with Crippen LogP contribution in [-0.4, -0.2) is 11.0 Å². The van der Waals surface area contributed by atoms with Gasteiger partial charge in [0, 0.05) is 6.04 Å². The van der Waals surface area contributed by atoms with Crippen LogP contribution in [0.4, 0.5) is 15.8 Å². The van der Waals surface area contributed by atoms with Crippen molar-refractivity contribution in [3.63, 3.8) is 0 Å². The molecular weight excluding hydrogens is 327 g/mol. The van der Waals surface area contributed by atoms with Crippen molar-refractivity contribution in [2.75, 3.05) is 5.32 Å². The van der Waals surface area contributed by atoms with Gasteiger partial charge < -0.3 is 5.32 Å². The molecule has 110 valence electrons. The molecule has 1 N–H and O–H groups in total. The summed E-state index contributed by atoms with van der Waals surface area (Å²) in [5, 5.41) is 14.3. The van der Waals surface area contributed by atoms with Crippen molar-refractivity contribution in [1.29, 1.82) is 0 Å². The number of halogens is 2. The van der Waals surface area contributed by atoms with E-state index in [1.54, 1.807) is 0 Å². The van der Waals surface area contributed by atoms with Gasteiger partial charge in [0.15, 0.2) is 0 Å². The Morgan fingerprint density at radius 2 is 2.20 bits per heavy atom. The molecule has 1 aromatic rings. The summed E-state index contributed by atoms with van der Waals surface area (Å²) < 4.78 is 13.7. The Hall–Kier alpha value is -1.17. The number of rotatable bonds is 4. The van der Waals surface area contributed by atoms with E-state index in [2.05, 4.69) is 35.1 Å². The van der Waals surface area contributed by atoms with Crippen LogP contribution in [-0.2, 0) is 0 Å². The van der Waals surface area contributed by atoms with Gasteiger partial charge in [-0.1, -0.05) is 20.3 Å². The van der Waals surface area contributed by atoms with Crippen LogP contribution in [0.1, 0.15) is 33.1 Å². The SMILES string of the molecule is CCC1CCC(Nc2cc(Br)c(F)cc2[N+](=O)[O-])C1C. The summed E-state index contributed by atoms with van der Waals surface area (Å²) in [6, 6.07) is 2.62. The summed E-state index contributed by atoms with van der Waals surface area (Å²) in [5.74, 6) is 0.493. The van der Waals surface area contributed by atoms with E-state index in [1.165, 1.54) is 6.07 Å². The molecular formula is C14H18BrFN2O2. The van der Waals surface area contributed by atoms with E-state index in [0.29, 0.717) is 17.5 Å². The highest BCUT2D eigenvalue weighted by molar-refractivity contribution is 9.10. The summed E-state index contributed by atoms with van der Waals surface area (Å²) >= 11 is 3.08. The van der Waals surface area contributed by atoms with Gasteiger partial charge in [0.2, 0.25) is 0 Å². The lowest BCUT2D eigenvalue weighted by atomic mass is 9.93. The van der Waals surface area contributed by atoms with Gasteiger partial charge in [0.05, 0.1) is 15.5 Å². The molecule has 1 aliphatic rings. The smallest absolute Gasteiger partial charge is 0.295 e. The Kier molecular flexibility index (Phi) is 4.62. The van der Waals surface area contributed by atoms with Gasteiger partial charge in [-0.15, -0.1) is 0 Å². The van der Waals surface area contributed by atoms with Gasteiger partial charge in [-0.05, 0) is 46.7 Å². The molecule has 1 saturated carbocycles. The topological polar surface area (TPSA) is 55.2 Å². The third-order valence-corrected chi connectivity index (χ3v) is 4.93. The molecule has 0 bridgehead atoms. The molecule has 3 unspecified atom stereocenters. The largest absolute Gasteiger partial charge is 0.376 e. The van der Waals surface area contributed by atoms with Crippen molar-refractivity contribution in [2.24, 2.45) is 11.8 Å². The lowest BCUT2D eigenvalue weighted by molar-refractivity contribution is -0.384. The molecule has 0 spiro atoms.